The Bertz CT molecular complexity index is 806. The van der Waals surface area contributed by atoms with Gasteiger partial charge in [0, 0.05) is 12.8 Å². The summed E-state index contributed by atoms with van der Waals surface area (Å²) in [7, 11) is 0. The van der Waals surface area contributed by atoms with Crippen molar-refractivity contribution in [3.05, 3.63) is 59.7 Å². The molecule has 4 heteroatoms. The molecule has 0 unspecified atom stereocenters. The summed E-state index contributed by atoms with van der Waals surface area (Å²) in [5, 5.41) is 0. The molecule has 0 spiro atoms. The third-order valence-corrected chi connectivity index (χ3v) is 4.56. The minimum absolute atomic E-state index is 0.0169. The number of hydrogen-bond donors (Lipinski definition) is 0. The van der Waals surface area contributed by atoms with E-state index >= 15 is 0 Å². The number of benzene rings is 2. The molecule has 0 radical (unpaired) electrons. The lowest BCUT2D eigenvalue weighted by Crippen LogP contribution is -2.07. The molecular weight excluding hydrogens is 352 g/mol. The summed E-state index contributed by atoms with van der Waals surface area (Å²) in [6.07, 6.45) is 1.76. The van der Waals surface area contributed by atoms with Crippen LogP contribution in [0.25, 0.3) is 11.1 Å². The van der Waals surface area contributed by atoms with Crippen molar-refractivity contribution in [1.82, 2.24) is 0 Å². The first-order valence-corrected chi connectivity index (χ1v) is 9.55. The molecule has 0 aromatic heterocycles. The highest BCUT2D eigenvalue weighted by atomic mass is 16.2. The molecule has 0 saturated carbocycles. The zero-order valence-electron chi connectivity index (χ0n) is 16.5. The number of aryl methyl sites for hydroxylation is 2. The normalized spacial score (nSPS) is 10.5. The third kappa shape index (κ3) is 6.69. The molecule has 0 fully saturated rings. The summed E-state index contributed by atoms with van der Waals surface area (Å²) in [6, 6.07) is 15.8. The zero-order valence-corrected chi connectivity index (χ0v) is 16.5. The van der Waals surface area contributed by atoms with Gasteiger partial charge < -0.3 is 0 Å². The summed E-state index contributed by atoms with van der Waals surface area (Å²) in [5.41, 5.74) is 4.16. The second-order valence-corrected chi connectivity index (χ2v) is 7.15. The van der Waals surface area contributed by atoms with Crippen LogP contribution in [0.4, 0.5) is 0 Å². The van der Waals surface area contributed by atoms with E-state index in [1.807, 2.05) is 48.5 Å². The minimum atomic E-state index is -0.112. The first kappa shape index (κ1) is 21.4. The SMILES string of the molecule is CC(=O)CC(=O)CCc1ccccc1-c1ccccc1CCC(=O)CC(C)=O. The Morgan fingerprint density at radius 3 is 1.32 bits per heavy atom. The number of rotatable bonds is 11. The second kappa shape index (κ2) is 10.5. The van der Waals surface area contributed by atoms with Gasteiger partial charge in [-0.05, 0) is 48.9 Å². The molecule has 0 N–H and O–H groups in total. The predicted molar refractivity (Wildman–Crippen MR) is 109 cm³/mol. The number of hydrogen-bond acceptors (Lipinski definition) is 4. The van der Waals surface area contributed by atoms with Gasteiger partial charge in [0.1, 0.15) is 23.1 Å². The summed E-state index contributed by atoms with van der Waals surface area (Å²) in [6.45, 7) is 2.85. The molecule has 2 aromatic carbocycles. The number of Topliss-reactive ketones (excluding diaryl/α,β-unsaturated/α-hetero) is 4. The predicted octanol–water partition coefficient (Wildman–Crippen LogP) is 4.32. The maximum absolute atomic E-state index is 11.9. The molecule has 0 aliphatic rings. The average Bonchev–Trinajstić information content (AvgIpc) is 2.64. The second-order valence-electron chi connectivity index (χ2n) is 7.15. The zero-order chi connectivity index (χ0) is 20.5. The van der Waals surface area contributed by atoms with Gasteiger partial charge in [-0.15, -0.1) is 0 Å². The fraction of sp³-hybridized carbons (Fsp3) is 0.333. The molecule has 4 nitrogen and oxygen atoms in total. The van der Waals surface area contributed by atoms with Gasteiger partial charge in [-0.1, -0.05) is 48.5 Å². The van der Waals surface area contributed by atoms with Crippen LogP contribution in [-0.2, 0) is 32.0 Å². The van der Waals surface area contributed by atoms with Crippen LogP contribution in [0.1, 0.15) is 50.7 Å². The molecule has 0 bridgehead atoms. The van der Waals surface area contributed by atoms with Crippen LogP contribution in [0.5, 0.6) is 0 Å². The van der Waals surface area contributed by atoms with Crippen molar-refractivity contribution in [1.29, 1.82) is 0 Å². The van der Waals surface area contributed by atoms with Gasteiger partial charge in [-0.2, -0.15) is 0 Å². The molecule has 0 aliphatic heterocycles. The van der Waals surface area contributed by atoms with E-state index in [0.717, 1.165) is 22.3 Å². The topological polar surface area (TPSA) is 68.3 Å². The number of ketones is 4. The average molecular weight is 378 g/mol. The highest BCUT2D eigenvalue weighted by molar-refractivity contribution is 5.98. The van der Waals surface area contributed by atoms with Gasteiger partial charge in [-0.3, -0.25) is 19.2 Å². The molecule has 0 heterocycles. The number of carbonyl (C=O) groups is 4. The molecule has 0 saturated heterocycles. The summed E-state index contributed by atoms with van der Waals surface area (Å²) in [5.74, 6) is -0.325. The van der Waals surface area contributed by atoms with Gasteiger partial charge in [0.2, 0.25) is 0 Å². The monoisotopic (exact) mass is 378 g/mol. The number of carbonyl (C=O) groups excluding carboxylic acids is 4. The Labute approximate surface area is 166 Å². The van der Waals surface area contributed by atoms with Gasteiger partial charge in [0.25, 0.3) is 0 Å². The van der Waals surface area contributed by atoms with Crippen LogP contribution in [0, 0.1) is 0 Å². The van der Waals surface area contributed by atoms with Crippen LogP contribution < -0.4 is 0 Å². The first-order chi connectivity index (χ1) is 13.4. The van der Waals surface area contributed by atoms with Crippen molar-refractivity contribution < 1.29 is 19.2 Å². The van der Waals surface area contributed by atoms with E-state index in [1.54, 1.807) is 0 Å². The Morgan fingerprint density at radius 1 is 0.607 bits per heavy atom. The van der Waals surface area contributed by atoms with Crippen molar-refractivity contribution in [2.75, 3.05) is 0 Å². The molecular formula is C24H26O4. The molecule has 0 atom stereocenters. The maximum Gasteiger partial charge on any atom is 0.140 e. The highest BCUT2D eigenvalue weighted by Gasteiger charge is 2.13. The largest absolute Gasteiger partial charge is 0.300 e. The molecule has 146 valence electrons. The van der Waals surface area contributed by atoms with E-state index in [1.165, 1.54) is 13.8 Å². The summed E-state index contributed by atoms with van der Waals surface area (Å²) in [4.78, 5) is 46.1. The van der Waals surface area contributed by atoms with Crippen LogP contribution in [0.15, 0.2) is 48.5 Å². The summed E-state index contributed by atoms with van der Waals surface area (Å²) < 4.78 is 0. The van der Waals surface area contributed by atoms with E-state index in [9.17, 15) is 19.2 Å². The van der Waals surface area contributed by atoms with Crippen LogP contribution >= 0.6 is 0 Å². The molecule has 2 aromatic rings. The van der Waals surface area contributed by atoms with Crippen molar-refractivity contribution in [3.8, 4) is 11.1 Å². The molecule has 0 aliphatic carbocycles. The lowest BCUT2D eigenvalue weighted by atomic mass is 9.90. The highest BCUT2D eigenvalue weighted by Crippen LogP contribution is 2.29. The molecule has 0 amide bonds. The maximum atomic E-state index is 11.9. The fourth-order valence-electron chi connectivity index (χ4n) is 3.28. The lowest BCUT2D eigenvalue weighted by molar-refractivity contribution is -0.127. The standard InChI is InChI=1S/C24H26O4/c1-17(25)15-21(27)13-11-19-7-3-5-9-23(19)24-10-6-4-8-20(24)12-14-22(28)16-18(2)26/h3-10H,11-16H2,1-2H3. The Hall–Kier alpha value is -2.88. The summed E-state index contributed by atoms with van der Waals surface area (Å²) >= 11 is 0. The smallest absolute Gasteiger partial charge is 0.140 e. The molecule has 2 rings (SSSR count). The van der Waals surface area contributed by atoms with Gasteiger partial charge in [-0.25, -0.2) is 0 Å². The molecule has 28 heavy (non-hydrogen) atoms. The van der Waals surface area contributed by atoms with Crippen LogP contribution in [0.2, 0.25) is 0 Å². The van der Waals surface area contributed by atoms with E-state index < -0.39 is 0 Å². The van der Waals surface area contributed by atoms with E-state index in [4.69, 9.17) is 0 Å². The lowest BCUT2D eigenvalue weighted by Gasteiger charge is -2.14. The first-order valence-electron chi connectivity index (χ1n) is 9.55. The van der Waals surface area contributed by atoms with Crippen molar-refractivity contribution in [2.24, 2.45) is 0 Å². The fourth-order valence-corrected chi connectivity index (χ4v) is 3.28. The minimum Gasteiger partial charge on any atom is -0.300 e. The van der Waals surface area contributed by atoms with Gasteiger partial charge in [0.15, 0.2) is 0 Å². The van der Waals surface area contributed by atoms with Crippen LogP contribution in [0.3, 0.4) is 0 Å². The van der Waals surface area contributed by atoms with Crippen molar-refractivity contribution in [3.63, 3.8) is 0 Å². The Kier molecular flexibility index (Phi) is 8.00. The van der Waals surface area contributed by atoms with Gasteiger partial charge >= 0.3 is 0 Å². The quantitative estimate of drug-likeness (QED) is 0.546. The van der Waals surface area contributed by atoms with Crippen LogP contribution in [-0.4, -0.2) is 23.1 Å². The van der Waals surface area contributed by atoms with E-state index in [0.29, 0.717) is 25.7 Å². The van der Waals surface area contributed by atoms with Crippen molar-refractivity contribution >= 4 is 23.1 Å². The Morgan fingerprint density at radius 2 is 0.964 bits per heavy atom. The Balaban J connectivity index is 2.19. The third-order valence-electron chi connectivity index (χ3n) is 4.56. The van der Waals surface area contributed by atoms with Crippen molar-refractivity contribution in [2.45, 2.75) is 52.4 Å². The van der Waals surface area contributed by atoms with Gasteiger partial charge in [0.05, 0.1) is 12.8 Å². The van der Waals surface area contributed by atoms with E-state index in [2.05, 4.69) is 0 Å². The van der Waals surface area contributed by atoms with E-state index in [-0.39, 0.29) is 36.0 Å².